The Labute approximate surface area is 119 Å². The highest BCUT2D eigenvalue weighted by molar-refractivity contribution is 6.36. The number of carbonyl (C=O) groups is 1. The number of aromatic nitrogens is 1. The van der Waals surface area contributed by atoms with Crippen LogP contribution in [0.1, 0.15) is 10.4 Å². The number of nitrogens with zero attached hydrogens (tertiary/aromatic N) is 1. The molecular formula is C12H10Cl2N4O. The highest BCUT2D eigenvalue weighted by Crippen LogP contribution is 2.28. The quantitative estimate of drug-likeness (QED) is 0.462. The molecule has 1 aromatic heterocycles. The van der Waals surface area contributed by atoms with Gasteiger partial charge in [-0.3, -0.25) is 10.2 Å². The molecule has 0 aliphatic carbocycles. The van der Waals surface area contributed by atoms with Crippen molar-refractivity contribution in [1.82, 2.24) is 10.4 Å². The minimum Gasteiger partial charge on any atom is -0.338 e. The van der Waals surface area contributed by atoms with E-state index in [1.54, 1.807) is 36.5 Å². The molecule has 1 aromatic carbocycles. The van der Waals surface area contributed by atoms with Crippen LogP contribution in [0, 0.1) is 0 Å². The van der Waals surface area contributed by atoms with Crippen molar-refractivity contribution in [1.29, 1.82) is 0 Å². The van der Waals surface area contributed by atoms with Gasteiger partial charge in [-0.05, 0) is 30.3 Å². The minimum atomic E-state index is -0.444. The summed E-state index contributed by atoms with van der Waals surface area (Å²) >= 11 is 11.9. The van der Waals surface area contributed by atoms with Gasteiger partial charge in [-0.15, -0.1) is 0 Å². The lowest BCUT2D eigenvalue weighted by Crippen LogP contribution is -2.30. The predicted molar refractivity (Wildman–Crippen MR) is 75.6 cm³/mol. The number of nitrogens with two attached hydrogens (primary N) is 1. The summed E-state index contributed by atoms with van der Waals surface area (Å²) in [5.41, 5.74) is 2.97. The zero-order chi connectivity index (χ0) is 13.8. The summed E-state index contributed by atoms with van der Waals surface area (Å²) in [5.74, 6) is 5.03. The van der Waals surface area contributed by atoms with Crippen LogP contribution in [0.4, 0.5) is 11.5 Å². The molecule has 98 valence electrons. The Morgan fingerprint density at radius 3 is 2.74 bits per heavy atom. The van der Waals surface area contributed by atoms with Gasteiger partial charge in [0.25, 0.3) is 5.91 Å². The van der Waals surface area contributed by atoms with E-state index >= 15 is 0 Å². The third-order valence-electron chi connectivity index (χ3n) is 2.37. The van der Waals surface area contributed by atoms with Gasteiger partial charge in [-0.25, -0.2) is 10.8 Å². The van der Waals surface area contributed by atoms with Gasteiger partial charge < -0.3 is 5.32 Å². The SMILES string of the molecule is NNC(=O)c1cccnc1Nc1ccc(Cl)cc1Cl. The zero-order valence-electron chi connectivity index (χ0n) is 9.65. The van der Waals surface area contributed by atoms with Crippen molar-refractivity contribution in [2.75, 3.05) is 5.32 Å². The number of rotatable bonds is 3. The van der Waals surface area contributed by atoms with Crippen LogP contribution in [0.3, 0.4) is 0 Å². The zero-order valence-corrected chi connectivity index (χ0v) is 11.2. The second-order valence-corrected chi connectivity index (χ2v) is 4.47. The Balaban J connectivity index is 2.35. The molecule has 0 atom stereocenters. The van der Waals surface area contributed by atoms with Gasteiger partial charge in [0.1, 0.15) is 5.82 Å². The lowest BCUT2D eigenvalue weighted by molar-refractivity contribution is 0.0954. The van der Waals surface area contributed by atoms with Crippen LogP contribution in [0.15, 0.2) is 36.5 Å². The van der Waals surface area contributed by atoms with Gasteiger partial charge in [0.15, 0.2) is 0 Å². The number of amides is 1. The van der Waals surface area contributed by atoms with Crippen molar-refractivity contribution < 1.29 is 4.79 Å². The molecule has 0 fully saturated rings. The van der Waals surface area contributed by atoms with E-state index in [4.69, 9.17) is 29.0 Å². The van der Waals surface area contributed by atoms with E-state index in [9.17, 15) is 4.79 Å². The van der Waals surface area contributed by atoms with E-state index in [0.717, 1.165) is 0 Å². The molecule has 0 aliphatic rings. The molecule has 1 amide bonds. The highest BCUT2D eigenvalue weighted by Gasteiger charge is 2.12. The largest absolute Gasteiger partial charge is 0.338 e. The first-order valence-electron chi connectivity index (χ1n) is 5.30. The maximum absolute atomic E-state index is 11.6. The topological polar surface area (TPSA) is 80.0 Å². The van der Waals surface area contributed by atoms with Crippen LogP contribution in [0.2, 0.25) is 10.0 Å². The van der Waals surface area contributed by atoms with Crippen molar-refractivity contribution in [3.8, 4) is 0 Å². The van der Waals surface area contributed by atoms with Crippen molar-refractivity contribution in [3.05, 3.63) is 52.1 Å². The first-order valence-corrected chi connectivity index (χ1v) is 6.05. The average molecular weight is 297 g/mol. The van der Waals surface area contributed by atoms with Gasteiger partial charge in [0.05, 0.1) is 16.3 Å². The standard InChI is InChI=1S/C12H10Cl2N4O/c13-7-3-4-10(9(14)6-7)17-11-8(12(19)18-15)2-1-5-16-11/h1-6H,15H2,(H,16,17)(H,18,19). The third kappa shape index (κ3) is 3.14. The van der Waals surface area contributed by atoms with E-state index in [0.29, 0.717) is 27.1 Å². The van der Waals surface area contributed by atoms with Crippen LogP contribution in [0.5, 0.6) is 0 Å². The van der Waals surface area contributed by atoms with Gasteiger partial charge in [-0.1, -0.05) is 23.2 Å². The molecule has 0 saturated carbocycles. The lowest BCUT2D eigenvalue weighted by Gasteiger charge is -2.11. The number of anilines is 2. The molecule has 2 rings (SSSR count). The summed E-state index contributed by atoms with van der Waals surface area (Å²) in [7, 11) is 0. The monoisotopic (exact) mass is 296 g/mol. The molecule has 1 heterocycles. The number of hydrazine groups is 1. The Bertz CT molecular complexity index is 618. The van der Waals surface area contributed by atoms with Crippen LogP contribution in [0.25, 0.3) is 0 Å². The second kappa shape index (κ2) is 5.88. The molecule has 0 unspecified atom stereocenters. The van der Waals surface area contributed by atoms with Gasteiger partial charge in [0.2, 0.25) is 0 Å². The number of nitrogens with one attached hydrogen (secondary N) is 2. The smallest absolute Gasteiger partial charge is 0.268 e. The van der Waals surface area contributed by atoms with Gasteiger partial charge >= 0.3 is 0 Å². The summed E-state index contributed by atoms with van der Waals surface area (Å²) in [4.78, 5) is 15.7. The fourth-order valence-corrected chi connectivity index (χ4v) is 1.94. The van der Waals surface area contributed by atoms with Gasteiger partial charge in [0, 0.05) is 11.2 Å². The Hall–Kier alpha value is -1.82. The van der Waals surface area contributed by atoms with Crippen LogP contribution < -0.4 is 16.6 Å². The molecule has 19 heavy (non-hydrogen) atoms. The van der Waals surface area contributed by atoms with E-state index in [-0.39, 0.29) is 0 Å². The van der Waals surface area contributed by atoms with Crippen molar-refractivity contribution in [2.24, 2.45) is 5.84 Å². The average Bonchev–Trinajstić information content (AvgIpc) is 2.41. The number of halogens is 2. The molecule has 0 spiro atoms. The number of hydrogen-bond acceptors (Lipinski definition) is 4. The number of nitrogen functional groups attached to an aromatic ring is 1. The van der Waals surface area contributed by atoms with Crippen LogP contribution in [-0.2, 0) is 0 Å². The Morgan fingerprint density at radius 2 is 2.05 bits per heavy atom. The molecule has 0 radical (unpaired) electrons. The van der Waals surface area contributed by atoms with Gasteiger partial charge in [-0.2, -0.15) is 0 Å². The molecule has 0 aliphatic heterocycles. The fraction of sp³-hybridized carbons (Fsp3) is 0. The molecule has 2 aromatic rings. The predicted octanol–water partition coefficient (Wildman–Crippen LogP) is 2.74. The molecule has 0 bridgehead atoms. The van der Waals surface area contributed by atoms with Crippen LogP contribution in [-0.4, -0.2) is 10.9 Å². The summed E-state index contributed by atoms with van der Waals surface area (Å²) in [6.45, 7) is 0. The molecular weight excluding hydrogens is 287 g/mol. The fourth-order valence-electron chi connectivity index (χ4n) is 1.48. The van der Waals surface area contributed by atoms with Crippen molar-refractivity contribution >= 4 is 40.6 Å². The summed E-state index contributed by atoms with van der Waals surface area (Å²) < 4.78 is 0. The summed E-state index contributed by atoms with van der Waals surface area (Å²) in [6, 6.07) is 8.21. The maximum atomic E-state index is 11.6. The van der Waals surface area contributed by atoms with Crippen molar-refractivity contribution in [2.45, 2.75) is 0 Å². The van der Waals surface area contributed by atoms with Crippen LogP contribution >= 0.6 is 23.2 Å². The first-order chi connectivity index (χ1) is 9.11. The van der Waals surface area contributed by atoms with E-state index in [2.05, 4.69) is 15.7 Å². The highest BCUT2D eigenvalue weighted by atomic mass is 35.5. The normalized spacial score (nSPS) is 10.1. The van der Waals surface area contributed by atoms with E-state index < -0.39 is 5.91 Å². The van der Waals surface area contributed by atoms with E-state index in [1.807, 2.05) is 0 Å². The third-order valence-corrected chi connectivity index (χ3v) is 2.92. The Morgan fingerprint density at radius 1 is 1.26 bits per heavy atom. The molecule has 0 saturated heterocycles. The minimum absolute atomic E-state index is 0.316. The van der Waals surface area contributed by atoms with E-state index in [1.165, 1.54) is 0 Å². The first kappa shape index (κ1) is 13.6. The summed E-state index contributed by atoms with van der Waals surface area (Å²) in [6.07, 6.45) is 1.56. The lowest BCUT2D eigenvalue weighted by atomic mass is 10.2. The number of benzene rings is 1. The summed E-state index contributed by atoms with van der Waals surface area (Å²) in [5, 5.41) is 3.92. The molecule has 7 heteroatoms. The van der Waals surface area contributed by atoms with Crippen molar-refractivity contribution in [3.63, 3.8) is 0 Å². The number of hydrogen-bond donors (Lipinski definition) is 3. The molecule has 4 N–H and O–H groups in total. The maximum Gasteiger partial charge on any atom is 0.268 e. The molecule has 5 nitrogen and oxygen atoms in total. The Kier molecular flexibility index (Phi) is 4.21. The number of carbonyl (C=O) groups excluding carboxylic acids is 1. The number of pyridine rings is 1. The second-order valence-electron chi connectivity index (χ2n) is 3.62.